The van der Waals surface area contributed by atoms with Gasteiger partial charge in [-0.05, 0) is 180 Å². The van der Waals surface area contributed by atoms with Crippen molar-refractivity contribution in [1.29, 1.82) is 0 Å². The molecule has 0 amide bonds. The van der Waals surface area contributed by atoms with Crippen LogP contribution in [0.25, 0.3) is 117 Å². The largest absolute Gasteiger partial charge is 0.510 e. The third-order valence-corrected chi connectivity index (χ3v) is 20.5. The second-order valence-electron chi connectivity index (χ2n) is 26.6. The van der Waals surface area contributed by atoms with E-state index in [1.165, 1.54) is 16.4 Å². The molecule has 0 radical (unpaired) electrons. The maximum absolute atomic E-state index is 7.04. The Morgan fingerprint density at radius 2 is 0.800 bits per heavy atom. The van der Waals surface area contributed by atoms with Gasteiger partial charge in [-0.1, -0.05) is 242 Å². The molecule has 0 atom stereocenters. The third kappa shape index (κ3) is 10.9. The van der Waals surface area contributed by atoms with Crippen molar-refractivity contribution >= 4 is 90.2 Å². The summed E-state index contributed by atoms with van der Waals surface area (Å²) in [6, 6.07) is 138. The van der Waals surface area contributed by atoms with Gasteiger partial charge in [-0.2, -0.15) is 18.2 Å². The number of nitrogens with zero attached hydrogens (tertiary/aromatic N) is 6. The van der Waals surface area contributed by atoms with Crippen LogP contribution in [0.2, 0.25) is 0 Å². The molecular weight excluding hydrogens is 1460 g/mol. The Hall–Kier alpha value is -13.1. The van der Waals surface area contributed by atoms with E-state index in [9.17, 15) is 0 Å². The molecule has 0 saturated carbocycles. The molecule has 18 aromatic rings. The van der Waals surface area contributed by atoms with E-state index in [-0.39, 0.29) is 27.8 Å². The molecule has 5 heterocycles. The Labute approximate surface area is 624 Å². The van der Waals surface area contributed by atoms with Crippen LogP contribution in [-0.2, 0) is 21.1 Å². The van der Waals surface area contributed by atoms with Gasteiger partial charge in [0.25, 0.3) is 13.0 Å². The fourth-order valence-electron chi connectivity index (χ4n) is 16.0. The van der Waals surface area contributed by atoms with E-state index in [1.807, 2.05) is 30.5 Å². The van der Waals surface area contributed by atoms with Crippen molar-refractivity contribution in [3.05, 3.63) is 389 Å². The van der Waals surface area contributed by atoms with E-state index in [0.29, 0.717) is 11.5 Å². The van der Waals surface area contributed by atoms with Crippen LogP contribution in [0.3, 0.4) is 0 Å². The van der Waals surface area contributed by atoms with E-state index in [2.05, 4.69) is 382 Å². The van der Waals surface area contributed by atoms with Crippen LogP contribution in [0, 0.1) is 18.5 Å². The topological polar surface area (TPSA) is 42.3 Å². The van der Waals surface area contributed by atoms with Gasteiger partial charge >= 0.3 is 0 Å². The molecule has 0 spiro atoms. The molecule has 0 aliphatic carbocycles. The van der Waals surface area contributed by atoms with Crippen LogP contribution in [0.4, 0.5) is 34.1 Å². The predicted molar refractivity (Wildman–Crippen MR) is 427 cm³/mol. The number of pyridine rings is 1. The minimum absolute atomic E-state index is 0. The van der Waals surface area contributed by atoms with Gasteiger partial charge in [0.15, 0.2) is 0 Å². The molecule has 2 aliphatic heterocycles. The summed E-state index contributed by atoms with van der Waals surface area (Å²) in [5, 5.41) is 2.13. The molecule has 0 N–H and O–H groups in total. The molecule has 7 nitrogen and oxygen atoms in total. The zero-order chi connectivity index (χ0) is 68.6. The van der Waals surface area contributed by atoms with Crippen molar-refractivity contribution in [1.82, 2.24) is 14.1 Å². The molecule has 0 fully saturated rings. The van der Waals surface area contributed by atoms with Crippen molar-refractivity contribution in [2.75, 3.05) is 9.80 Å². The van der Waals surface area contributed by atoms with Gasteiger partial charge in [0.2, 0.25) is 0 Å². The van der Waals surface area contributed by atoms with Crippen molar-refractivity contribution in [2.45, 2.75) is 0 Å². The summed E-state index contributed by atoms with van der Waals surface area (Å²) in [4.78, 5) is 10.2. The number of hydrogen-bond acceptors (Lipinski definition) is 4. The number of aromatic nitrogens is 4. The Morgan fingerprint density at radius 3 is 1.35 bits per heavy atom. The van der Waals surface area contributed by atoms with E-state index >= 15 is 0 Å². The first-order chi connectivity index (χ1) is 51.6. The first kappa shape index (κ1) is 62.8. The molecule has 2 aliphatic rings. The third-order valence-electron chi connectivity index (χ3n) is 20.5. The van der Waals surface area contributed by atoms with Gasteiger partial charge in [0.1, 0.15) is 5.65 Å². The number of benzene rings is 15. The fraction of sp³-hybridized carbons (Fsp3) is 0. The smallest absolute Gasteiger partial charge is 0.268 e. The summed E-state index contributed by atoms with van der Waals surface area (Å²) in [6.07, 6.45) is 5.87. The molecule has 15 aromatic carbocycles. The normalized spacial score (nSPS) is 12.1. The second kappa shape index (κ2) is 26.4. The SMILES string of the molecule is [Pt].[c-]1c(Oc2[c-]c(-n3c4cc5c6c(c4c4cccnc43)N(c3ccccc3)c3ccccc3B6c3ccccc3N5c3ccccc3)ccc2)cccc1-n1[c-][n+](-c2c(-c3cc(-c4ccccc4)cc(-c4ccccc4)c3)cccc2-c2cc(-c3ccccc3)cc(-c3ccccc3)c2)c2ccccc21. The van der Waals surface area contributed by atoms with Crippen LogP contribution in [-0.4, -0.2) is 20.8 Å². The van der Waals surface area contributed by atoms with E-state index in [0.717, 1.165) is 151 Å². The number of rotatable bonds is 13. The van der Waals surface area contributed by atoms with Gasteiger partial charge in [0.05, 0.1) is 27.9 Å². The van der Waals surface area contributed by atoms with Gasteiger partial charge in [-0.15, -0.1) is 30.3 Å². The Morgan fingerprint density at radius 1 is 0.352 bits per heavy atom. The molecule has 20 rings (SSSR count). The van der Waals surface area contributed by atoms with Crippen molar-refractivity contribution in [3.63, 3.8) is 0 Å². The van der Waals surface area contributed by atoms with Crippen LogP contribution in [0.15, 0.2) is 370 Å². The van der Waals surface area contributed by atoms with Crippen LogP contribution >= 0.6 is 0 Å². The quantitative estimate of drug-likeness (QED) is 0.0655. The summed E-state index contributed by atoms with van der Waals surface area (Å²) in [5.41, 5.74) is 29.9. The number of fused-ring (bicyclic) bond motifs is 9. The van der Waals surface area contributed by atoms with E-state index in [4.69, 9.17) is 9.72 Å². The summed E-state index contributed by atoms with van der Waals surface area (Å²) in [7, 11) is 0. The molecule has 3 aromatic heterocycles. The van der Waals surface area contributed by atoms with Gasteiger partial charge in [-0.25, -0.2) is 4.98 Å². The number of ether oxygens (including phenoxy) is 1. The van der Waals surface area contributed by atoms with Crippen molar-refractivity contribution < 1.29 is 30.4 Å². The second-order valence-corrected chi connectivity index (χ2v) is 26.6. The molecule has 0 saturated heterocycles. The standard InChI is InChI=1S/C96H61BN6O.Pt/c1-7-29-65(30-8-1)69-55-70(66-31-9-2-10-32-66)58-73(57-69)81-45-27-46-82(74-59-71(67-33-11-3-12-34-67)56-72(60-74)68-35-13-4-14-36-68)94(81)100-64-99(88-52-23-24-53-89(88)100)77-41-25-43-79(61-77)104-80-44-26-42-78(62-80)103-90-63-91-93-95(92(90)83-47-28-54-98-96(83)103)102(76-39-17-6-18-40-76)87-51-22-20-49-85(87)97(93)84-48-19-21-50-86(84)101(91)75-37-15-5-16-38-75;/h1-60,63H;/q-2;. The van der Waals surface area contributed by atoms with E-state index < -0.39 is 0 Å². The Kier molecular flexibility index (Phi) is 15.8. The summed E-state index contributed by atoms with van der Waals surface area (Å²) < 4.78 is 13.7. The van der Waals surface area contributed by atoms with Crippen LogP contribution in [0.1, 0.15) is 0 Å². The summed E-state index contributed by atoms with van der Waals surface area (Å²) in [5.74, 6) is 1.04. The first-order valence-electron chi connectivity index (χ1n) is 35.3. The summed E-state index contributed by atoms with van der Waals surface area (Å²) in [6.45, 7) is -0.0592. The average Bonchev–Trinajstić information content (AvgIpc) is 1.66. The van der Waals surface area contributed by atoms with Crippen LogP contribution < -0.4 is 35.5 Å². The maximum atomic E-state index is 7.04. The number of para-hydroxylation sites is 7. The van der Waals surface area contributed by atoms with Crippen LogP contribution in [0.5, 0.6) is 11.5 Å². The molecule has 496 valence electrons. The zero-order valence-corrected chi connectivity index (χ0v) is 59.0. The van der Waals surface area contributed by atoms with Gasteiger partial charge in [-0.3, -0.25) is 4.57 Å². The molecular formula is C96H61BN6OPt-2. The molecule has 0 unspecified atom stereocenters. The van der Waals surface area contributed by atoms with Crippen molar-refractivity contribution in [2.24, 2.45) is 0 Å². The Bertz CT molecular complexity index is 6080. The minimum atomic E-state index is -0.0592. The monoisotopic (exact) mass is 1520 g/mol. The number of hydrogen-bond donors (Lipinski definition) is 0. The minimum Gasteiger partial charge on any atom is -0.510 e. The number of imidazole rings is 1. The van der Waals surface area contributed by atoms with Gasteiger partial charge in [0, 0.05) is 78.0 Å². The molecule has 105 heavy (non-hydrogen) atoms. The van der Waals surface area contributed by atoms with Gasteiger partial charge < -0.3 is 23.7 Å². The fourth-order valence-corrected chi connectivity index (χ4v) is 16.0. The molecule has 0 bridgehead atoms. The first-order valence-corrected chi connectivity index (χ1v) is 35.3. The number of anilines is 6. The predicted octanol–water partition coefficient (Wildman–Crippen LogP) is 21.7. The van der Waals surface area contributed by atoms with E-state index in [1.54, 1.807) is 0 Å². The maximum Gasteiger partial charge on any atom is 0.268 e. The van der Waals surface area contributed by atoms with Crippen molar-refractivity contribution in [3.8, 4) is 95.3 Å². The zero-order valence-electron chi connectivity index (χ0n) is 56.7. The average molecular weight is 1520 g/mol. The summed E-state index contributed by atoms with van der Waals surface area (Å²) >= 11 is 0. The Balaban J connectivity index is 0.00000756. The molecule has 9 heteroatoms.